The van der Waals surface area contributed by atoms with Crippen LogP contribution in [-0.4, -0.2) is 29.6 Å². The van der Waals surface area contributed by atoms with Gasteiger partial charge < -0.3 is 4.74 Å². The highest BCUT2D eigenvalue weighted by molar-refractivity contribution is 9.11. The van der Waals surface area contributed by atoms with Crippen molar-refractivity contribution >= 4 is 78.1 Å². The maximum Gasteiger partial charge on any atom is 0.266 e. The van der Waals surface area contributed by atoms with E-state index in [0.29, 0.717) is 33.3 Å². The van der Waals surface area contributed by atoms with Gasteiger partial charge in [0.1, 0.15) is 5.75 Å². The van der Waals surface area contributed by atoms with Gasteiger partial charge in [-0.05, 0) is 76.1 Å². The molecule has 0 radical (unpaired) electrons. The molecule has 0 unspecified atom stereocenters. The number of nitrogens with zero attached hydrogens (tertiary/aromatic N) is 2. The van der Waals surface area contributed by atoms with Crippen LogP contribution in [0.25, 0.3) is 6.08 Å². The Bertz CT molecular complexity index is 991. The van der Waals surface area contributed by atoms with Gasteiger partial charge in [-0.15, -0.1) is 0 Å². The zero-order chi connectivity index (χ0) is 21.1. The lowest BCUT2D eigenvalue weighted by Crippen LogP contribution is -2.32. The average Bonchev–Trinajstić information content (AvgIpc) is 2.92. The fourth-order valence-corrected chi connectivity index (χ4v) is 5.33. The monoisotopic (exact) mass is 556 g/mol. The summed E-state index contributed by atoms with van der Waals surface area (Å²) < 4.78 is 7.21. The summed E-state index contributed by atoms with van der Waals surface area (Å²) >= 11 is 14.3. The Balaban J connectivity index is 2.02. The second-order valence-corrected chi connectivity index (χ2v) is 10.0. The van der Waals surface area contributed by atoms with Crippen LogP contribution in [0.2, 0.25) is 5.02 Å². The minimum absolute atomic E-state index is 0.0606. The highest BCUT2D eigenvalue weighted by atomic mass is 79.9. The van der Waals surface area contributed by atoms with Crippen molar-refractivity contribution in [3.63, 3.8) is 0 Å². The molecular weight excluding hydrogens is 540 g/mol. The predicted octanol–water partition coefficient (Wildman–Crippen LogP) is 7.13. The van der Waals surface area contributed by atoms with Gasteiger partial charge in [0.15, 0.2) is 5.17 Å². The first-order valence-corrected chi connectivity index (χ1v) is 11.6. The van der Waals surface area contributed by atoms with Crippen LogP contribution in [0.1, 0.15) is 19.4 Å². The average molecular weight is 559 g/mol. The summed E-state index contributed by atoms with van der Waals surface area (Å²) in [6, 6.07) is 11.1. The largest absolute Gasteiger partial charge is 0.495 e. The molecule has 29 heavy (non-hydrogen) atoms. The first-order valence-electron chi connectivity index (χ1n) is 8.87. The van der Waals surface area contributed by atoms with E-state index in [1.165, 1.54) is 11.8 Å². The smallest absolute Gasteiger partial charge is 0.266 e. The fraction of sp³-hybridized carbons (Fsp3) is 0.238. The van der Waals surface area contributed by atoms with E-state index in [2.05, 4.69) is 50.7 Å². The molecule has 0 spiro atoms. The molecule has 0 N–H and O–H groups in total. The number of methoxy groups -OCH3 is 1. The third kappa shape index (κ3) is 5.45. The molecule has 0 atom stereocenters. The van der Waals surface area contributed by atoms with Crippen LogP contribution in [0.15, 0.2) is 55.2 Å². The highest BCUT2D eigenvalue weighted by Gasteiger charge is 2.34. The maximum atomic E-state index is 13.1. The molecule has 0 saturated carbocycles. The van der Waals surface area contributed by atoms with E-state index in [1.54, 1.807) is 24.1 Å². The van der Waals surface area contributed by atoms with E-state index in [1.807, 2.05) is 30.3 Å². The van der Waals surface area contributed by atoms with Gasteiger partial charge in [-0.2, -0.15) is 0 Å². The summed E-state index contributed by atoms with van der Waals surface area (Å²) in [6.07, 6.45) is 1.85. The van der Waals surface area contributed by atoms with E-state index >= 15 is 0 Å². The van der Waals surface area contributed by atoms with Crippen LogP contribution in [0.4, 0.5) is 5.69 Å². The van der Waals surface area contributed by atoms with Crippen LogP contribution in [-0.2, 0) is 4.79 Å². The molecule has 1 fully saturated rings. The number of hydrogen-bond donors (Lipinski definition) is 0. The van der Waals surface area contributed by atoms with Gasteiger partial charge in [0, 0.05) is 21.6 Å². The van der Waals surface area contributed by atoms with Gasteiger partial charge in [0.05, 0.1) is 22.2 Å². The standard InChI is InChI=1S/C21H19Br2ClN2O2S/c1-12(2)11-26-20(27)18(9-13-8-14(22)10-17(23)19(13)28-3)29-21(26)25-16-6-4-15(24)5-7-16/h4-10,12H,11H2,1-3H3/b18-9-,25-21?. The quantitative estimate of drug-likeness (QED) is 0.367. The Kier molecular flexibility index (Phi) is 7.48. The summed E-state index contributed by atoms with van der Waals surface area (Å²) in [4.78, 5) is 20.2. The second kappa shape index (κ2) is 9.69. The summed E-state index contributed by atoms with van der Waals surface area (Å²) in [7, 11) is 1.61. The Morgan fingerprint density at radius 2 is 1.93 bits per heavy atom. The van der Waals surface area contributed by atoms with Gasteiger partial charge >= 0.3 is 0 Å². The van der Waals surface area contributed by atoms with Crippen molar-refractivity contribution < 1.29 is 9.53 Å². The molecule has 1 amide bonds. The number of benzene rings is 2. The van der Waals surface area contributed by atoms with Crippen molar-refractivity contribution in [1.82, 2.24) is 4.90 Å². The summed E-state index contributed by atoms with van der Waals surface area (Å²) in [5.74, 6) is 0.922. The Morgan fingerprint density at radius 3 is 2.55 bits per heavy atom. The molecule has 1 aliphatic heterocycles. The lowest BCUT2D eigenvalue weighted by molar-refractivity contribution is -0.122. The van der Waals surface area contributed by atoms with Crippen molar-refractivity contribution in [2.45, 2.75) is 13.8 Å². The van der Waals surface area contributed by atoms with Gasteiger partial charge in [-0.3, -0.25) is 9.69 Å². The maximum absolute atomic E-state index is 13.1. The van der Waals surface area contributed by atoms with Crippen molar-refractivity contribution in [3.8, 4) is 5.75 Å². The van der Waals surface area contributed by atoms with Crippen LogP contribution in [0.3, 0.4) is 0 Å². The van der Waals surface area contributed by atoms with Crippen LogP contribution < -0.4 is 4.74 Å². The first-order chi connectivity index (χ1) is 13.8. The third-order valence-corrected chi connectivity index (χ3v) is 6.32. The van der Waals surface area contributed by atoms with Gasteiger partial charge in [-0.1, -0.05) is 41.4 Å². The molecule has 8 heteroatoms. The minimum atomic E-state index is -0.0606. The van der Waals surface area contributed by atoms with Crippen LogP contribution in [0, 0.1) is 5.92 Å². The molecule has 2 aromatic rings. The van der Waals surface area contributed by atoms with Gasteiger partial charge in [0.2, 0.25) is 0 Å². The Labute approximate surface area is 196 Å². The van der Waals surface area contributed by atoms with E-state index in [0.717, 1.165) is 20.2 Å². The van der Waals surface area contributed by atoms with Gasteiger partial charge in [0.25, 0.3) is 5.91 Å². The predicted molar refractivity (Wildman–Crippen MR) is 129 cm³/mol. The van der Waals surface area contributed by atoms with Crippen molar-refractivity contribution in [2.24, 2.45) is 10.9 Å². The zero-order valence-electron chi connectivity index (χ0n) is 16.1. The minimum Gasteiger partial charge on any atom is -0.495 e. The molecule has 0 aromatic heterocycles. The lowest BCUT2D eigenvalue weighted by atomic mass is 10.1. The number of amidine groups is 1. The molecule has 1 aliphatic rings. The molecular formula is C21H19Br2ClN2O2S. The number of carbonyl (C=O) groups is 1. The van der Waals surface area contributed by atoms with E-state index in [4.69, 9.17) is 16.3 Å². The number of hydrogen-bond acceptors (Lipinski definition) is 4. The van der Waals surface area contributed by atoms with Crippen LogP contribution >= 0.6 is 55.2 Å². The first kappa shape index (κ1) is 22.4. The Hall–Kier alpha value is -1.28. The van der Waals surface area contributed by atoms with Crippen molar-refractivity contribution in [3.05, 3.63) is 60.8 Å². The number of ether oxygens (including phenoxy) is 1. The van der Waals surface area contributed by atoms with Crippen molar-refractivity contribution in [1.29, 1.82) is 0 Å². The number of aliphatic imine (C=N–C) groups is 1. The fourth-order valence-electron chi connectivity index (χ4n) is 2.79. The van der Waals surface area contributed by atoms with Crippen molar-refractivity contribution in [2.75, 3.05) is 13.7 Å². The van der Waals surface area contributed by atoms with E-state index in [-0.39, 0.29) is 5.91 Å². The SMILES string of the molecule is COc1c(Br)cc(Br)cc1/C=C1\SC(=Nc2ccc(Cl)cc2)N(CC(C)C)C1=O. The number of amides is 1. The molecule has 2 aromatic carbocycles. The molecule has 1 heterocycles. The molecule has 152 valence electrons. The third-order valence-electron chi connectivity index (χ3n) is 4.02. The lowest BCUT2D eigenvalue weighted by Gasteiger charge is -2.17. The molecule has 1 saturated heterocycles. The number of rotatable bonds is 5. The molecule has 3 rings (SSSR count). The summed E-state index contributed by atoms with van der Waals surface area (Å²) in [5, 5.41) is 1.31. The van der Waals surface area contributed by atoms with Gasteiger partial charge in [-0.25, -0.2) is 4.99 Å². The van der Waals surface area contributed by atoms with Crippen LogP contribution in [0.5, 0.6) is 5.75 Å². The van der Waals surface area contributed by atoms with E-state index in [9.17, 15) is 4.79 Å². The second-order valence-electron chi connectivity index (χ2n) is 6.80. The number of thioether (sulfide) groups is 1. The topological polar surface area (TPSA) is 41.9 Å². The zero-order valence-corrected chi connectivity index (χ0v) is 20.8. The number of halogens is 3. The normalized spacial score (nSPS) is 17.1. The summed E-state index contributed by atoms with van der Waals surface area (Å²) in [6.45, 7) is 4.75. The highest BCUT2D eigenvalue weighted by Crippen LogP contribution is 2.39. The molecule has 4 nitrogen and oxygen atoms in total. The van der Waals surface area contributed by atoms with E-state index < -0.39 is 0 Å². The molecule has 0 aliphatic carbocycles. The number of carbonyl (C=O) groups excluding carboxylic acids is 1. The molecule has 0 bridgehead atoms. The summed E-state index contributed by atoms with van der Waals surface area (Å²) in [5.41, 5.74) is 1.56. The Morgan fingerprint density at radius 1 is 1.24 bits per heavy atom.